The molecule has 0 radical (unpaired) electrons. The van der Waals surface area contributed by atoms with Gasteiger partial charge in [-0.2, -0.15) is 15.0 Å². The van der Waals surface area contributed by atoms with Crippen LogP contribution in [0, 0.1) is 0 Å². The first kappa shape index (κ1) is 15.4. The first-order valence-corrected chi connectivity index (χ1v) is 6.21. The number of anilines is 2. The normalized spacial score (nSPS) is 10.4. The van der Waals surface area contributed by atoms with Crippen molar-refractivity contribution < 1.29 is 14.2 Å². The zero-order valence-corrected chi connectivity index (χ0v) is 11.4. The first-order valence-electron chi connectivity index (χ1n) is 6.21. The third-order valence-electron chi connectivity index (χ3n) is 2.03. The lowest BCUT2D eigenvalue weighted by atomic mass is 10.5. The molecule has 0 spiro atoms. The van der Waals surface area contributed by atoms with Crippen LogP contribution in [0.2, 0.25) is 0 Å². The molecular formula is C11H21N5O3. The average Bonchev–Trinajstić information content (AvgIpc) is 2.40. The molecule has 8 heteroatoms. The van der Waals surface area contributed by atoms with Crippen LogP contribution in [0.1, 0.15) is 13.3 Å². The lowest BCUT2D eigenvalue weighted by Crippen LogP contribution is -2.15. The summed E-state index contributed by atoms with van der Waals surface area (Å²) in [6, 6.07) is 0.233. The predicted molar refractivity (Wildman–Crippen MR) is 71.2 cm³/mol. The molecule has 1 heterocycles. The van der Waals surface area contributed by atoms with Gasteiger partial charge in [0.05, 0.1) is 26.4 Å². The highest BCUT2D eigenvalue weighted by molar-refractivity contribution is 5.32. The summed E-state index contributed by atoms with van der Waals surface area (Å²) in [7, 11) is 1.63. The van der Waals surface area contributed by atoms with E-state index in [0.717, 1.165) is 6.42 Å². The van der Waals surface area contributed by atoms with Gasteiger partial charge in [-0.15, -0.1) is 0 Å². The number of nitrogen functional groups attached to an aromatic ring is 1. The summed E-state index contributed by atoms with van der Waals surface area (Å²) >= 11 is 0. The number of aromatic nitrogens is 3. The number of ether oxygens (including phenoxy) is 3. The van der Waals surface area contributed by atoms with Crippen molar-refractivity contribution in [3.05, 3.63) is 0 Å². The van der Waals surface area contributed by atoms with Gasteiger partial charge in [-0.3, -0.25) is 0 Å². The molecule has 0 fully saturated rings. The highest BCUT2D eigenvalue weighted by Crippen LogP contribution is 2.08. The lowest BCUT2D eigenvalue weighted by Gasteiger charge is -2.08. The van der Waals surface area contributed by atoms with E-state index in [1.54, 1.807) is 7.11 Å². The molecule has 108 valence electrons. The molecule has 0 aliphatic heterocycles. The zero-order valence-electron chi connectivity index (χ0n) is 11.4. The van der Waals surface area contributed by atoms with E-state index >= 15 is 0 Å². The second kappa shape index (κ2) is 9.29. The van der Waals surface area contributed by atoms with Crippen molar-refractivity contribution in [3.8, 4) is 6.01 Å². The Labute approximate surface area is 112 Å². The fraction of sp³-hybridized carbons (Fsp3) is 0.727. The quantitative estimate of drug-likeness (QED) is 0.586. The van der Waals surface area contributed by atoms with Crippen LogP contribution in [0.15, 0.2) is 0 Å². The third kappa shape index (κ3) is 6.73. The van der Waals surface area contributed by atoms with Gasteiger partial charge in [0, 0.05) is 13.7 Å². The van der Waals surface area contributed by atoms with Crippen molar-refractivity contribution in [1.82, 2.24) is 15.0 Å². The molecule has 19 heavy (non-hydrogen) atoms. The van der Waals surface area contributed by atoms with Gasteiger partial charge in [0.25, 0.3) is 0 Å². The minimum absolute atomic E-state index is 0.129. The Kier molecular flexibility index (Phi) is 7.52. The summed E-state index contributed by atoms with van der Waals surface area (Å²) in [6.07, 6.45) is 0.877. The van der Waals surface area contributed by atoms with Gasteiger partial charge in [-0.05, 0) is 6.42 Å². The Balaban J connectivity index is 2.34. The highest BCUT2D eigenvalue weighted by Gasteiger charge is 2.04. The summed E-state index contributed by atoms with van der Waals surface area (Å²) in [5.74, 6) is 0.512. The van der Waals surface area contributed by atoms with Gasteiger partial charge in [0.15, 0.2) is 0 Å². The number of nitrogens with zero attached hydrogens (tertiary/aromatic N) is 3. The largest absolute Gasteiger partial charge is 0.463 e. The van der Waals surface area contributed by atoms with Gasteiger partial charge >= 0.3 is 6.01 Å². The van der Waals surface area contributed by atoms with E-state index in [4.69, 9.17) is 19.9 Å². The number of rotatable bonds is 10. The molecule has 0 aliphatic carbocycles. The molecule has 0 saturated carbocycles. The topological polar surface area (TPSA) is 104 Å². The summed E-state index contributed by atoms with van der Waals surface area (Å²) in [6.45, 7) is 4.78. The molecule has 0 amide bonds. The zero-order chi connectivity index (χ0) is 13.9. The fourth-order valence-corrected chi connectivity index (χ4v) is 1.19. The van der Waals surface area contributed by atoms with Crippen molar-refractivity contribution in [1.29, 1.82) is 0 Å². The standard InChI is InChI=1S/C11H21N5O3/c1-3-5-19-11-15-9(12)14-10(16-11)13-4-6-18-8-7-17-2/h3-8H2,1-2H3,(H3,12,13,14,15,16). The van der Waals surface area contributed by atoms with E-state index in [9.17, 15) is 0 Å². The predicted octanol–water partition coefficient (Wildman–Crippen LogP) is 0.318. The van der Waals surface area contributed by atoms with Gasteiger partial charge in [0.2, 0.25) is 11.9 Å². The molecule has 0 bridgehead atoms. The highest BCUT2D eigenvalue weighted by atomic mass is 16.5. The molecule has 1 rings (SSSR count). The summed E-state index contributed by atoms with van der Waals surface area (Å²) in [5, 5.41) is 2.99. The van der Waals surface area contributed by atoms with Crippen LogP contribution in [0.4, 0.5) is 11.9 Å². The maximum atomic E-state index is 5.57. The average molecular weight is 271 g/mol. The monoisotopic (exact) mass is 271 g/mol. The smallest absolute Gasteiger partial charge is 0.323 e. The van der Waals surface area contributed by atoms with E-state index in [-0.39, 0.29) is 12.0 Å². The number of hydrogen-bond donors (Lipinski definition) is 2. The molecule has 3 N–H and O–H groups in total. The molecular weight excluding hydrogens is 250 g/mol. The van der Waals surface area contributed by atoms with Gasteiger partial charge in [-0.1, -0.05) is 6.92 Å². The Morgan fingerprint density at radius 3 is 2.68 bits per heavy atom. The first-order chi connectivity index (χ1) is 9.26. The van der Waals surface area contributed by atoms with E-state index < -0.39 is 0 Å². The second-order valence-corrected chi connectivity index (χ2v) is 3.68. The molecule has 0 unspecified atom stereocenters. The molecule has 0 aliphatic rings. The molecule has 0 aromatic carbocycles. The van der Waals surface area contributed by atoms with Crippen molar-refractivity contribution >= 4 is 11.9 Å². The van der Waals surface area contributed by atoms with Crippen molar-refractivity contribution in [2.45, 2.75) is 13.3 Å². The minimum Gasteiger partial charge on any atom is -0.463 e. The molecule has 0 atom stereocenters. The van der Waals surface area contributed by atoms with E-state index in [0.29, 0.717) is 38.9 Å². The lowest BCUT2D eigenvalue weighted by molar-refractivity contribution is 0.0758. The SMILES string of the molecule is CCCOc1nc(N)nc(NCCOCCOC)n1. The van der Waals surface area contributed by atoms with Gasteiger partial charge in [-0.25, -0.2) is 0 Å². The summed E-state index contributed by atoms with van der Waals surface area (Å²) in [4.78, 5) is 11.9. The Morgan fingerprint density at radius 2 is 1.95 bits per heavy atom. The Hall–Kier alpha value is -1.67. The van der Waals surface area contributed by atoms with Crippen LogP contribution < -0.4 is 15.8 Å². The maximum Gasteiger partial charge on any atom is 0.323 e. The molecule has 0 saturated heterocycles. The van der Waals surface area contributed by atoms with Gasteiger partial charge < -0.3 is 25.3 Å². The molecule has 8 nitrogen and oxygen atoms in total. The molecule has 1 aromatic heterocycles. The van der Waals surface area contributed by atoms with Crippen LogP contribution in [0.5, 0.6) is 6.01 Å². The second-order valence-electron chi connectivity index (χ2n) is 3.68. The van der Waals surface area contributed by atoms with Crippen molar-refractivity contribution in [2.24, 2.45) is 0 Å². The maximum absolute atomic E-state index is 5.57. The number of nitrogens with two attached hydrogens (primary N) is 1. The third-order valence-corrected chi connectivity index (χ3v) is 2.03. The van der Waals surface area contributed by atoms with Crippen LogP contribution in [0.25, 0.3) is 0 Å². The van der Waals surface area contributed by atoms with E-state index in [1.807, 2.05) is 6.92 Å². The Morgan fingerprint density at radius 1 is 1.11 bits per heavy atom. The van der Waals surface area contributed by atoms with Crippen LogP contribution in [0.3, 0.4) is 0 Å². The number of methoxy groups -OCH3 is 1. The van der Waals surface area contributed by atoms with Crippen LogP contribution in [-0.2, 0) is 9.47 Å². The minimum atomic E-state index is 0.129. The van der Waals surface area contributed by atoms with Crippen LogP contribution >= 0.6 is 0 Å². The van der Waals surface area contributed by atoms with E-state index in [1.165, 1.54) is 0 Å². The fourth-order valence-electron chi connectivity index (χ4n) is 1.19. The van der Waals surface area contributed by atoms with Crippen molar-refractivity contribution in [2.75, 3.05) is 51.1 Å². The molecule has 1 aromatic rings. The van der Waals surface area contributed by atoms with Gasteiger partial charge in [0.1, 0.15) is 0 Å². The Bertz CT molecular complexity index is 364. The van der Waals surface area contributed by atoms with E-state index in [2.05, 4.69) is 20.3 Å². The van der Waals surface area contributed by atoms with Crippen molar-refractivity contribution in [3.63, 3.8) is 0 Å². The number of nitrogens with one attached hydrogen (secondary N) is 1. The summed E-state index contributed by atoms with van der Waals surface area (Å²) < 4.78 is 15.5. The summed E-state index contributed by atoms with van der Waals surface area (Å²) in [5.41, 5.74) is 5.57. The van der Waals surface area contributed by atoms with Crippen LogP contribution in [-0.4, -0.2) is 55.0 Å². The number of hydrogen-bond acceptors (Lipinski definition) is 8.